The molecule has 4 aromatic rings. The molecule has 0 unspecified atom stereocenters. The minimum atomic E-state index is -0.410. The van der Waals surface area contributed by atoms with Crippen LogP contribution in [0.5, 0.6) is 5.75 Å². The topological polar surface area (TPSA) is 89.6 Å². The minimum Gasteiger partial charge on any atom is -0.487 e. The van der Waals surface area contributed by atoms with Gasteiger partial charge in [0.1, 0.15) is 12.4 Å². The van der Waals surface area contributed by atoms with Crippen LogP contribution in [0.3, 0.4) is 0 Å². The molecule has 34 heavy (non-hydrogen) atoms. The average molecular weight is 459 g/mol. The molecule has 0 fully saturated rings. The first-order valence-corrected chi connectivity index (χ1v) is 10.9. The van der Waals surface area contributed by atoms with Crippen LogP contribution in [0.25, 0.3) is 17.2 Å². The number of amides is 1. The summed E-state index contributed by atoms with van der Waals surface area (Å²) in [7, 11) is 3.88. The fourth-order valence-corrected chi connectivity index (χ4v) is 3.32. The van der Waals surface area contributed by atoms with E-state index in [4.69, 9.17) is 9.15 Å². The third-order valence-corrected chi connectivity index (χ3v) is 5.13. The summed E-state index contributed by atoms with van der Waals surface area (Å²) in [6.07, 6.45) is 4.92. The number of benzene rings is 2. The minimum absolute atomic E-state index is 0.277. The standard InChI is InChI=1S/C26H26N4O4/c1-29(2)15-16-30-23-17-20(9-12-24(23)34-26(30)32)28-25(31)13-8-19-6-10-22(11-7-19)33-18-21-5-3-4-14-27-21/h3-14,17H,15-16,18H2,1-2H3,(H,28,31)/b13-8+. The smallest absolute Gasteiger partial charge is 0.419 e. The van der Waals surface area contributed by atoms with E-state index in [1.807, 2.05) is 61.5 Å². The zero-order valence-electron chi connectivity index (χ0n) is 19.1. The van der Waals surface area contributed by atoms with Crippen LogP contribution in [0, 0.1) is 0 Å². The predicted octanol–water partition coefficient (Wildman–Crippen LogP) is 3.78. The van der Waals surface area contributed by atoms with Gasteiger partial charge in [-0.05, 0) is 68.2 Å². The molecule has 0 aliphatic heterocycles. The van der Waals surface area contributed by atoms with Gasteiger partial charge < -0.3 is 19.4 Å². The summed E-state index contributed by atoms with van der Waals surface area (Å²) in [5.41, 5.74) is 3.44. The number of nitrogens with one attached hydrogen (secondary N) is 1. The predicted molar refractivity (Wildman–Crippen MR) is 132 cm³/mol. The summed E-state index contributed by atoms with van der Waals surface area (Å²) in [6, 6.07) is 18.3. The second kappa shape index (κ2) is 10.6. The number of likely N-dealkylation sites (N-methyl/N-ethyl adjacent to an activating group) is 1. The first-order chi connectivity index (χ1) is 16.5. The Morgan fingerprint density at radius 2 is 1.97 bits per heavy atom. The second-order valence-electron chi connectivity index (χ2n) is 8.01. The maximum atomic E-state index is 12.4. The molecule has 8 heteroatoms. The molecule has 174 valence electrons. The van der Waals surface area contributed by atoms with Gasteiger partial charge in [0.15, 0.2) is 5.58 Å². The highest BCUT2D eigenvalue weighted by Gasteiger charge is 2.11. The third kappa shape index (κ3) is 5.99. The van der Waals surface area contributed by atoms with E-state index in [2.05, 4.69) is 10.3 Å². The molecular formula is C26H26N4O4. The molecule has 0 bridgehead atoms. The summed E-state index contributed by atoms with van der Waals surface area (Å²) >= 11 is 0. The maximum absolute atomic E-state index is 12.4. The zero-order valence-corrected chi connectivity index (χ0v) is 19.1. The summed E-state index contributed by atoms with van der Waals surface area (Å²) in [4.78, 5) is 30.8. The van der Waals surface area contributed by atoms with Crippen molar-refractivity contribution in [2.45, 2.75) is 13.2 Å². The van der Waals surface area contributed by atoms with E-state index in [1.165, 1.54) is 6.08 Å². The Morgan fingerprint density at radius 1 is 1.15 bits per heavy atom. The van der Waals surface area contributed by atoms with Crippen LogP contribution in [0.4, 0.5) is 5.69 Å². The first kappa shape index (κ1) is 23.0. The van der Waals surface area contributed by atoms with E-state index in [0.717, 1.165) is 17.0 Å². The number of fused-ring (bicyclic) bond motifs is 1. The van der Waals surface area contributed by atoms with Gasteiger partial charge in [0.2, 0.25) is 5.91 Å². The molecule has 0 aliphatic carbocycles. The second-order valence-corrected chi connectivity index (χ2v) is 8.01. The van der Waals surface area contributed by atoms with Crippen LogP contribution in [-0.4, -0.2) is 41.0 Å². The molecule has 8 nitrogen and oxygen atoms in total. The molecule has 4 rings (SSSR count). The number of hydrogen-bond donors (Lipinski definition) is 1. The Labute approximate surface area is 197 Å². The molecule has 2 aromatic heterocycles. The van der Waals surface area contributed by atoms with E-state index < -0.39 is 5.76 Å². The third-order valence-electron chi connectivity index (χ3n) is 5.13. The number of aromatic nitrogens is 2. The van der Waals surface area contributed by atoms with Gasteiger partial charge in [-0.15, -0.1) is 0 Å². The van der Waals surface area contributed by atoms with Crippen LogP contribution in [-0.2, 0) is 17.9 Å². The van der Waals surface area contributed by atoms with Crippen LogP contribution in [0.2, 0.25) is 0 Å². The quantitative estimate of drug-likeness (QED) is 0.384. The lowest BCUT2D eigenvalue weighted by Gasteiger charge is -2.09. The van der Waals surface area contributed by atoms with Gasteiger partial charge in [0, 0.05) is 31.0 Å². The van der Waals surface area contributed by atoms with Gasteiger partial charge in [-0.2, -0.15) is 0 Å². The molecule has 0 radical (unpaired) electrons. The molecule has 0 atom stereocenters. The number of pyridine rings is 1. The van der Waals surface area contributed by atoms with Gasteiger partial charge in [0.05, 0.1) is 11.2 Å². The van der Waals surface area contributed by atoms with Crippen molar-refractivity contribution in [1.82, 2.24) is 14.5 Å². The van der Waals surface area contributed by atoms with Gasteiger partial charge in [-0.25, -0.2) is 4.79 Å². The van der Waals surface area contributed by atoms with E-state index in [1.54, 1.807) is 35.0 Å². The number of nitrogens with zero attached hydrogens (tertiary/aromatic N) is 3. The molecule has 2 aromatic carbocycles. The van der Waals surface area contributed by atoms with Crippen LogP contribution in [0.1, 0.15) is 11.3 Å². The van der Waals surface area contributed by atoms with Crippen molar-refractivity contribution in [1.29, 1.82) is 0 Å². The summed E-state index contributed by atoms with van der Waals surface area (Å²) in [5.74, 6) is 0.0363. The largest absolute Gasteiger partial charge is 0.487 e. The van der Waals surface area contributed by atoms with Gasteiger partial charge in [-0.3, -0.25) is 14.3 Å². The fraction of sp³-hybridized carbons (Fsp3) is 0.192. The summed E-state index contributed by atoms with van der Waals surface area (Å²) < 4.78 is 12.6. The molecule has 0 saturated carbocycles. The Morgan fingerprint density at radius 3 is 2.71 bits per heavy atom. The Hall–Kier alpha value is -4.17. The van der Waals surface area contributed by atoms with Crippen molar-refractivity contribution in [2.75, 3.05) is 26.0 Å². The molecule has 1 N–H and O–H groups in total. The van der Waals surface area contributed by atoms with Crippen LogP contribution >= 0.6 is 0 Å². The van der Waals surface area contributed by atoms with E-state index in [0.29, 0.717) is 36.5 Å². The Balaban J connectivity index is 1.36. The van der Waals surface area contributed by atoms with Gasteiger partial charge >= 0.3 is 5.76 Å². The fourth-order valence-electron chi connectivity index (χ4n) is 3.32. The number of anilines is 1. The summed E-state index contributed by atoms with van der Waals surface area (Å²) in [6.45, 7) is 1.58. The number of ether oxygens (including phenoxy) is 1. The average Bonchev–Trinajstić information content (AvgIpc) is 3.15. The number of rotatable bonds is 9. The molecular weight excluding hydrogens is 432 g/mol. The van der Waals surface area contributed by atoms with Crippen molar-refractivity contribution in [2.24, 2.45) is 0 Å². The monoisotopic (exact) mass is 458 g/mol. The van der Waals surface area contributed by atoms with Crippen LogP contribution in [0.15, 0.2) is 82.1 Å². The van der Waals surface area contributed by atoms with Crippen molar-refractivity contribution in [3.8, 4) is 5.75 Å². The zero-order chi connectivity index (χ0) is 23.9. The molecule has 0 saturated heterocycles. The van der Waals surface area contributed by atoms with Crippen molar-refractivity contribution in [3.63, 3.8) is 0 Å². The van der Waals surface area contributed by atoms with E-state index in [-0.39, 0.29) is 5.91 Å². The summed E-state index contributed by atoms with van der Waals surface area (Å²) in [5, 5.41) is 2.83. The van der Waals surface area contributed by atoms with E-state index >= 15 is 0 Å². The highest BCUT2D eigenvalue weighted by Crippen LogP contribution is 2.19. The van der Waals surface area contributed by atoms with Crippen molar-refractivity contribution < 1.29 is 13.9 Å². The lowest BCUT2D eigenvalue weighted by molar-refractivity contribution is -0.111. The molecule has 0 aliphatic rings. The van der Waals surface area contributed by atoms with Gasteiger partial charge in [0.25, 0.3) is 0 Å². The van der Waals surface area contributed by atoms with Crippen molar-refractivity contribution in [3.05, 3.63) is 94.7 Å². The van der Waals surface area contributed by atoms with E-state index in [9.17, 15) is 9.59 Å². The highest BCUT2D eigenvalue weighted by molar-refractivity contribution is 6.02. The SMILES string of the molecule is CN(C)CCn1c(=O)oc2ccc(NC(=O)/C=C/c3ccc(OCc4ccccn4)cc3)cc21. The normalized spacial score (nSPS) is 11.4. The lowest BCUT2D eigenvalue weighted by Crippen LogP contribution is -2.23. The Kier molecular flexibility index (Phi) is 7.19. The molecule has 0 spiro atoms. The number of hydrogen-bond acceptors (Lipinski definition) is 6. The number of carbonyl (C=O) groups excluding carboxylic acids is 1. The number of carbonyl (C=O) groups is 1. The lowest BCUT2D eigenvalue weighted by atomic mass is 10.2. The first-order valence-electron chi connectivity index (χ1n) is 10.9. The molecule has 1 amide bonds. The van der Waals surface area contributed by atoms with Gasteiger partial charge in [-0.1, -0.05) is 18.2 Å². The van der Waals surface area contributed by atoms with Crippen molar-refractivity contribution >= 4 is 28.8 Å². The number of oxazole rings is 1. The highest BCUT2D eigenvalue weighted by atomic mass is 16.5. The molecule has 2 heterocycles. The maximum Gasteiger partial charge on any atom is 0.419 e. The van der Waals surface area contributed by atoms with Crippen LogP contribution < -0.4 is 15.8 Å². The Bertz CT molecular complexity index is 1340.